The summed E-state index contributed by atoms with van der Waals surface area (Å²) >= 11 is 4.79. The van der Waals surface area contributed by atoms with Gasteiger partial charge in [0.05, 0.1) is 5.69 Å². The van der Waals surface area contributed by atoms with Crippen molar-refractivity contribution >= 4 is 44.0 Å². The van der Waals surface area contributed by atoms with Crippen LogP contribution in [0, 0.1) is 0 Å². The number of hydrogen-bond acceptors (Lipinski definition) is 4. The molecule has 0 spiro atoms. The van der Waals surface area contributed by atoms with Gasteiger partial charge < -0.3 is 4.90 Å². The number of nitrogens with zero attached hydrogens (tertiary/aromatic N) is 2. The van der Waals surface area contributed by atoms with Gasteiger partial charge in [-0.1, -0.05) is 34.1 Å². The Bertz CT molecular complexity index is 859. The number of thiazole rings is 1. The van der Waals surface area contributed by atoms with E-state index in [-0.39, 0.29) is 5.91 Å². The molecule has 0 radical (unpaired) electrons. The molecular formula is C18H16BrN3OS. The fraction of sp³-hybridized carbons (Fsp3) is 0.111. The third-order valence-corrected chi connectivity index (χ3v) is 4.74. The van der Waals surface area contributed by atoms with E-state index in [9.17, 15) is 4.79 Å². The molecule has 1 aromatic heterocycles. The number of anilines is 2. The summed E-state index contributed by atoms with van der Waals surface area (Å²) in [7, 11) is 4.01. The third-order valence-electron chi connectivity index (χ3n) is 3.49. The molecule has 0 saturated heterocycles. The van der Waals surface area contributed by atoms with Crippen molar-refractivity contribution in [1.82, 2.24) is 4.98 Å². The second kappa shape index (κ2) is 7.15. The van der Waals surface area contributed by atoms with Gasteiger partial charge in [-0.05, 0) is 30.3 Å². The first-order chi connectivity index (χ1) is 11.5. The lowest BCUT2D eigenvalue weighted by atomic mass is 10.1. The highest BCUT2D eigenvalue weighted by molar-refractivity contribution is 9.10. The number of aromatic nitrogens is 1. The summed E-state index contributed by atoms with van der Waals surface area (Å²) in [4.78, 5) is 18.8. The first-order valence-electron chi connectivity index (χ1n) is 7.33. The minimum absolute atomic E-state index is 0.167. The molecule has 0 aliphatic heterocycles. The Balaban J connectivity index is 1.74. The Labute approximate surface area is 153 Å². The molecule has 3 rings (SSSR count). The highest BCUT2D eigenvalue weighted by Crippen LogP contribution is 2.27. The van der Waals surface area contributed by atoms with Crippen molar-refractivity contribution in [2.24, 2.45) is 0 Å². The Morgan fingerprint density at radius 2 is 1.92 bits per heavy atom. The maximum atomic E-state index is 12.3. The molecular weight excluding hydrogens is 386 g/mol. The van der Waals surface area contributed by atoms with Crippen LogP contribution in [0.3, 0.4) is 0 Å². The first-order valence-corrected chi connectivity index (χ1v) is 9.00. The molecule has 1 amide bonds. The predicted molar refractivity (Wildman–Crippen MR) is 104 cm³/mol. The van der Waals surface area contributed by atoms with Crippen LogP contribution in [0.25, 0.3) is 11.3 Å². The van der Waals surface area contributed by atoms with Crippen LogP contribution in [-0.2, 0) is 0 Å². The summed E-state index contributed by atoms with van der Waals surface area (Å²) < 4.78 is 0.871. The zero-order valence-corrected chi connectivity index (χ0v) is 15.7. The number of benzene rings is 2. The highest BCUT2D eigenvalue weighted by Gasteiger charge is 2.10. The molecule has 0 unspecified atom stereocenters. The van der Waals surface area contributed by atoms with Gasteiger partial charge in [0.2, 0.25) is 0 Å². The molecule has 24 heavy (non-hydrogen) atoms. The third kappa shape index (κ3) is 3.83. The average Bonchev–Trinajstić information content (AvgIpc) is 3.03. The molecule has 0 bridgehead atoms. The second-order valence-electron chi connectivity index (χ2n) is 5.44. The number of nitrogens with one attached hydrogen (secondary N) is 1. The van der Waals surface area contributed by atoms with Gasteiger partial charge >= 0.3 is 0 Å². The van der Waals surface area contributed by atoms with E-state index in [4.69, 9.17) is 0 Å². The Morgan fingerprint density at radius 1 is 1.17 bits per heavy atom. The number of carbonyl (C=O) groups excluding carboxylic acids is 1. The molecule has 0 saturated carbocycles. The number of amides is 1. The van der Waals surface area contributed by atoms with E-state index in [1.54, 1.807) is 12.1 Å². The Morgan fingerprint density at radius 3 is 2.58 bits per heavy atom. The number of rotatable bonds is 4. The molecule has 3 aromatic rings. The zero-order chi connectivity index (χ0) is 17.1. The molecule has 0 fully saturated rings. The van der Waals surface area contributed by atoms with Crippen LogP contribution < -0.4 is 10.2 Å². The van der Waals surface area contributed by atoms with Crippen molar-refractivity contribution in [3.05, 3.63) is 63.9 Å². The van der Waals surface area contributed by atoms with Crippen LogP contribution in [0.5, 0.6) is 0 Å². The van der Waals surface area contributed by atoms with Crippen LogP contribution in [0.15, 0.2) is 58.4 Å². The Hall–Kier alpha value is -2.18. The van der Waals surface area contributed by atoms with Crippen LogP contribution in [0.2, 0.25) is 0 Å². The van der Waals surface area contributed by atoms with Crippen molar-refractivity contribution in [2.75, 3.05) is 24.3 Å². The van der Waals surface area contributed by atoms with Crippen LogP contribution in [0.1, 0.15) is 10.4 Å². The lowest BCUT2D eigenvalue weighted by Gasteiger charge is -2.12. The standard InChI is InChI=1S/C18H16BrN3OS/c1-22(2)15-8-6-12(7-9-15)16-11-24-18(20-16)21-17(23)13-4-3-5-14(19)10-13/h3-11H,1-2H3,(H,20,21,23). The average molecular weight is 402 g/mol. The van der Waals surface area contributed by atoms with Crippen molar-refractivity contribution in [3.8, 4) is 11.3 Å². The van der Waals surface area contributed by atoms with Gasteiger partial charge in [0, 0.05) is 40.8 Å². The number of halogens is 1. The first kappa shape index (κ1) is 16.7. The van der Waals surface area contributed by atoms with Crippen molar-refractivity contribution < 1.29 is 4.79 Å². The van der Waals surface area contributed by atoms with Crippen molar-refractivity contribution in [2.45, 2.75) is 0 Å². The molecule has 0 aliphatic carbocycles. The molecule has 0 aliphatic rings. The largest absolute Gasteiger partial charge is 0.378 e. The normalized spacial score (nSPS) is 10.5. The second-order valence-corrected chi connectivity index (χ2v) is 7.22. The predicted octanol–water partition coefficient (Wildman–Crippen LogP) is 4.89. The number of carbonyl (C=O) groups is 1. The van der Waals surface area contributed by atoms with Gasteiger partial charge in [0.25, 0.3) is 5.91 Å². The van der Waals surface area contributed by atoms with Crippen LogP contribution in [-0.4, -0.2) is 25.0 Å². The van der Waals surface area contributed by atoms with Crippen molar-refractivity contribution in [3.63, 3.8) is 0 Å². The minimum atomic E-state index is -0.167. The molecule has 1 heterocycles. The molecule has 6 heteroatoms. The smallest absolute Gasteiger partial charge is 0.257 e. The highest BCUT2D eigenvalue weighted by atomic mass is 79.9. The summed E-state index contributed by atoms with van der Waals surface area (Å²) in [5.41, 5.74) is 3.61. The van der Waals surface area contributed by atoms with E-state index in [1.165, 1.54) is 11.3 Å². The van der Waals surface area contributed by atoms with Gasteiger partial charge in [-0.15, -0.1) is 11.3 Å². The quantitative estimate of drug-likeness (QED) is 0.676. The monoisotopic (exact) mass is 401 g/mol. The molecule has 0 atom stereocenters. The SMILES string of the molecule is CN(C)c1ccc(-c2csc(NC(=O)c3cccc(Br)c3)n2)cc1. The lowest BCUT2D eigenvalue weighted by molar-refractivity contribution is 0.102. The molecule has 2 aromatic carbocycles. The minimum Gasteiger partial charge on any atom is -0.378 e. The molecule has 1 N–H and O–H groups in total. The van der Waals surface area contributed by atoms with E-state index in [2.05, 4.69) is 43.3 Å². The van der Waals surface area contributed by atoms with Gasteiger partial charge in [0.1, 0.15) is 0 Å². The van der Waals surface area contributed by atoms with Gasteiger partial charge in [-0.25, -0.2) is 4.98 Å². The Kier molecular flexibility index (Phi) is 4.97. The summed E-state index contributed by atoms with van der Waals surface area (Å²) in [5, 5.41) is 5.38. The summed E-state index contributed by atoms with van der Waals surface area (Å²) in [6.45, 7) is 0. The van der Waals surface area contributed by atoms with Gasteiger partial charge in [0.15, 0.2) is 5.13 Å². The van der Waals surface area contributed by atoms with E-state index in [0.29, 0.717) is 10.7 Å². The topological polar surface area (TPSA) is 45.2 Å². The molecule has 122 valence electrons. The summed E-state index contributed by atoms with van der Waals surface area (Å²) in [6.07, 6.45) is 0. The fourth-order valence-corrected chi connectivity index (χ4v) is 3.31. The summed E-state index contributed by atoms with van der Waals surface area (Å²) in [5.74, 6) is -0.167. The maximum Gasteiger partial charge on any atom is 0.257 e. The zero-order valence-electron chi connectivity index (χ0n) is 13.3. The fourth-order valence-electron chi connectivity index (χ4n) is 2.19. The maximum absolute atomic E-state index is 12.3. The lowest BCUT2D eigenvalue weighted by Crippen LogP contribution is -2.11. The van der Waals surface area contributed by atoms with E-state index < -0.39 is 0 Å². The van der Waals surface area contributed by atoms with Crippen LogP contribution in [0.4, 0.5) is 10.8 Å². The summed E-state index contributed by atoms with van der Waals surface area (Å²) in [6, 6.07) is 15.4. The van der Waals surface area contributed by atoms with Gasteiger partial charge in [-0.3, -0.25) is 10.1 Å². The molecule has 4 nitrogen and oxygen atoms in total. The van der Waals surface area contributed by atoms with Gasteiger partial charge in [-0.2, -0.15) is 0 Å². The van der Waals surface area contributed by atoms with Crippen LogP contribution >= 0.6 is 27.3 Å². The van der Waals surface area contributed by atoms with E-state index in [0.717, 1.165) is 21.4 Å². The number of hydrogen-bond donors (Lipinski definition) is 1. The van der Waals surface area contributed by atoms with Crippen molar-refractivity contribution in [1.29, 1.82) is 0 Å². The van der Waals surface area contributed by atoms with E-state index in [1.807, 2.05) is 43.7 Å². The van der Waals surface area contributed by atoms with E-state index >= 15 is 0 Å².